The molecule has 1 unspecified atom stereocenters. The number of rotatable bonds is 7. The molecule has 0 fully saturated rings. The number of hydrogen-bond acceptors (Lipinski definition) is 5. The van der Waals surface area contributed by atoms with Crippen molar-refractivity contribution in [1.29, 1.82) is 0 Å². The molecule has 1 rings (SSSR count). The first kappa shape index (κ1) is 18.3. The molecule has 1 atom stereocenters. The summed E-state index contributed by atoms with van der Waals surface area (Å²) >= 11 is 10.7. The van der Waals surface area contributed by atoms with E-state index in [2.05, 4.69) is 26.0 Å². The van der Waals surface area contributed by atoms with Crippen molar-refractivity contribution in [3.05, 3.63) is 27.7 Å². The van der Waals surface area contributed by atoms with Crippen LogP contribution in [0.4, 0.5) is 5.69 Å². The Bertz CT molecular complexity index is 516. The lowest BCUT2D eigenvalue weighted by molar-refractivity contribution is -0.142. The minimum absolute atomic E-state index is 0.157. The molecule has 0 aliphatic carbocycles. The smallest absolute Gasteiger partial charge is 0.322 e. The van der Waals surface area contributed by atoms with E-state index in [4.69, 9.17) is 17.3 Å². The number of hydrogen-bond donors (Lipinski definition) is 2. The number of halogens is 2. The highest BCUT2D eigenvalue weighted by atomic mass is 79.9. The fourth-order valence-corrected chi connectivity index (χ4v) is 2.96. The summed E-state index contributed by atoms with van der Waals surface area (Å²) in [7, 11) is 1.30. The molecule has 1 amide bonds. The molecular weight excluding hydrogens is 380 g/mol. The number of methoxy groups -OCH3 is 1. The van der Waals surface area contributed by atoms with Crippen molar-refractivity contribution < 1.29 is 14.3 Å². The van der Waals surface area contributed by atoms with Crippen molar-refractivity contribution in [3.63, 3.8) is 0 Å². The van der Waals surface area contributed by atoms with Gasteiger partial charge in [-0.15, -0.1) is 0 Å². The van der Waals surface area contributed by atoms with E-state index < -0.39 is 12.0 Å². The molecule has 0 spiro atoms. The van der Waals surface area contributed by atoms with E-state index in [0.717, 1.165) is 4.47 Å². The van der Waals surface area contributed by atoms with E-state index in [1.165, 1.54) is 18.9 Å². The minimum Gasteiger partial charge on any atom is -0.468 e. The van der Waals surface area contributed by atoms with Crippen LogP contribution < -0.4 is 11.1 Å². The van der Waals surface area contributed by atoms with E-state index in [1.54, 1.807) is 18.2 Å². The van der Waals surface area contributed by atoms with Crippen LogP contribution in [-0.4, -0.2) is 36.5 Å². The fraction of sp³-hybridized carbons (Fsp3) is 0.385. The number of thioether (sulfide) groups is 1. The lowest BCUT2D eigenvalue weighted by Gasteiger charge is -2.09. The number of benzene rings is 1. The molecule has 116 valence electrons. The number of esters is 1. The van der Waals surface area contributed by atoms with Gasteiger partial charge in [-0.05, 0) is 30.4 Å². The maximum atomic E-state index is 11.8. The molecule has 0 saturated carbocycles. The normalized spacial score (nSPS) is 11.8. The van der Waals surface area contributed by atoms with Crippen LogP contribution in [-0.2, 0) is 14.3 Å². The van der Waals surface area contributed by atoms with Crippen molar-refractivity contribution in [2.45, 2.75) is 12.5 Å². The van der Waals surface area contributed by atoms with E-state index >= 15 is 0 Å². The van der Waals surface area contributed by atoms with Crippen LogP contribution in [0.5, 0.6) is 0 Å². The van der Waals surface area contributed by atoms with Gasteiger partial charge < -0.3 is 15.8 Å². The molecule has 21 heavy (non-hydrogen) atoms. The van der Waals surface area contributed by atoms with Crippen LogP contribution in [0.1, 0.15) is 6.42 Å². The van der Waals surface area contributed by atoms with Gasteiger partial charge in [0.15, 0.2) is 0 Å². The molecule has 1 aromatic carbocycles. The van der Waals surface area contributed by atoms with Crippen LogP contribution in [0.25, 0.3) is 0 Å². The Hall–Kier alpha value is -0.760. The lowest BCUT2D eigenvalue weighted by atomic mass is 10.2. The summed E-state index contributed by atoms with van der Waals surface area (Å²) in [6, 6.07) is 4.58. The molecule has 1 aromatic rings. The standard InChI is InChI=1S/C13H16BrClN2O3S/c1-20-13(19)10(16)4-5-21-7-12(18)17-11-3-2-8(14)6-9(11)15/h2-3,6,10H,4-5,7,16H2,1H3,(H,17,18). The van der Waals surface area contributed by atoms with E-state index in [9.17, 15) is 9.59 Å². The van der Waals surface area contributed by atoms with Crippen molar-refractivity contribution >= 4 is 56.9 Å². The third-order valence-electron chi connectivity index (χ3n) is 2.52. The van der Waals surface area contributed by atoms with Crippen LogP contribution in [0, 0.1) is 0 Å². The van der Waals surface area contributed by atoms with E-state index in [-0.39, 0.29) is 11.7 Å². The molecule has 0 radical (unpaired) electrons. The predicted octanol–water partition coefficient (Wildman–Crippen LogP) is 2.66. The lowest BCUT2D eigenvalue weighted by Crippen LogP contribution is -2.32. The predicted molar refractivity (Wildman–Crippen MR) is 89.7 cm³/mol. The largest absolute Gasteiger partial charge is 0.468 e. The summed E-state index contributed by atoms with van der Waals surface area (Å²) in [5.41, 5.74) is 6.16. The Labute approximate surface area is 141 Å². The third kappa shape index (κ3) is 6.69. The van der Waals surface area contributed by atoms with Gasteiger partial charge in [-0.2, -0.15) is 11.8 Å². The van der Waals surface area contributed by atoms with Crippen molar-refractivity contribution in [2.24, 2.45) is 5.73 Å². The number of carbonyl (C=O) groups is 2. The number of amides is 1. The Morgan fingerprint density at radius 3 is 2.86 bits per heavy atom. The number of nitrogens with one attached hydrogen (secondary N) is 1. The summed E-state index contributed by atoms with van der Waals surface area (Å²) in [5, 5.41) is 3.19. The van der Waals surface area contributed by atoms with Crippen molar-refractivity contribution in [2.75, 3.05) is 23.9 Å². The Morgan fingerprint density at radius 2 is 2.24 bits per heavy atom. The van der Waals surface area contributed by atoms with Gasteiger partial charge >= 0.3 is 5.97 Å². The highest BCUT2D eigenvalue weighted by Crippen LogP contribution is 2.25. The fourth-order valence-electron chi connectivity index (χ4n) is 1.42. The minimum atomic E-state index is -0.647. The van der Waals surface area contributed by atoms with Gasteiger partial charge in [0, 0.05) is 4.47 Å². The third-order valence-corrected chi connectivity index (χ3v) is 4.31. The average molecular weight is 396 g/mol. The molecular formula is C13H16BrClN2O3S. The van der Waals surface area contributed by atoms with Crippen LogP contribution >= 0.6 is 39.3 Å². The first-order valence-corrected chi connectivity index (χ1v) is 8.42. The highest BCUT2D eigenvalue weighted by Gasteiger charge is 2.13. The highest BCUT2D eigenvalue weighted by molar-refractivity contribution is 9.10. The average Bonchev–Trinajstić information content (AvgIpc) is 2.45. The summed E-state index contributed by atoms with van der Waals surface area (Å²) in [6.45, 7) is 0. The number of anilines is 1. The molecule has 0 aliphatic heterocycles. The van der Waals surface area contributed by atoms with Crippen LogP contribution in [0.15, 0.2) is 22.7 Å². The van der Waals surface area contributed by atoms with Crippen molar-refractivity contribution in [1.82, 2.24) is 0 Å². The van der Waals surface area contributed by atoms with E-state index in [0.29, 0.717) is 22.9 Å². The van der Waals surface area contributed by atoms with Crippen LogP contribution in [0.2, 0.25) is 5.02 Å². The quantitative estimate of drug-likeness (QED) is 0.548. The molecule has 8 heteroatoms. The van der Waals surface area contributed by atoms with Gasteiger partial charge in [-0.1, -0.05) is 27.5 Å². The van der Waals surface area contributed by atoms with Gasteiger partial charge in [0.05, 0.1) is 23.6 Å². The summed E-state index contributed by atoms with van der Waals surface area (Å²) < 4.78 is 5.37. The monoisotopic (exact) mass is 394 g/mol. The Kier molecular flexibility index (Phi) is 8.10. The van der Waals surface area contributed by atoms with E-state index in [1.807, 2.05) is 0 Å². The molecule has 0 heterocycles. The zero-order chi connectivity index (χ0) is 15.8. The number of carbonyl (C=O) groups excluding carboxylic acids is 2. The van der Waals surface area contributed by atoms with Gasteiger partial charge in [0.25, 0.3) is 0 Å². The van der Waals surface area contributed by atoms with Gasteiger partial charge in [-0.3, -0.25) is 9.59 Å². The SMILES string of the molecule is COC(=O)C(N)CCSCC(=O)Nc1ccc(Br)cc1Cl. The topological polar surface area (TPSA) is 81.4 Å². The van der Waals surface area contributed by atoms with Crippen molar-refractivity contribution in [3.8, 4) is 0 Å². The second-order valence-corrected chi connectivity index (χ2v) is 6.57. The zero-order valence-electron chi connectivity index (χ0n) is 11.4. The van der Waals surface area contributed by atoms with Crippen LogP contribution in [0.3, 0.4) is 0 Å². The maximum Gasteiger partial charge on any atom is 0.322 e. The molecule has 0 aliphatic rings. The number of nitrogens with two attached hydrogens (primary N) is 1. The summed E-state index contributed by atoms with van der Waals surface area (Å²) in [6.07, 6.45) is 0.462. The van der Waals surface area contributed by atoms with Gasteiger partial charge in [0.2, 0.25) is 5.91 Å². The van der Waals surface area contributed by atoms with Gasteiger partial charge in [-0.25, -0.2) is 0 Å². The zero-order valence-corrected chi connectivity index (χ0v) is 14.6. The summed E-state index contributed by atoms with van der Waals surface area (Å²) in [5.74, 6) is 0.260. The molecule has 0 aromatic heterocycles. The second kappa shape index (κ2) is 9.30. The van der Waals surface area contributed by atoms with Gasteiger partial charge in [0.1, 0.15) is 6.04 Å². The second-order valence-electron chi connectivity index (χ2n) is 4.14. The Morgan fingerprint density at radius 1 is 1.52 bits per heavy atom. The first-order valence-electron chi connectivity index (χ1n) is 6.10. The first-order chi connectivity index (χ1) is 9.93. The molecule has 0 saturated heterocycles. The summed E-state index contributed by atoms with van der Waals surface area (Å²) in [4.78, 5) is 22.9. The molecule has 5 nitrogen and oxygen atoms in total. The molecule has 3 N–H and O–H groups in total. The number of ether oxygens (including phenoxy) is 1. The molecule has 0 bridgehead atoms. The Balaban J connectivity index is 2.30. The maximum absolute atomic E-state index is 11.8.